The molecule has 19 heavy (non-hydrogen) atoms. The summed E-state index contributed by atoms with van der Waals surface area (Å²) in [5.41, 5.74) is 1.56. The van der Waals surface area contributed by atoms with Gasteiger partial charge in [0.15, 0.2) is 0 Å². The van der Waals surface area contributed by atoms with Gasteiger partial charge in [-0.1, -0.05) is 0 Å². The van der Waals surface area contributed by atoms with Crippen molar-refractivity contribution in [2.45, 2.75) is 6.92 Å². The average molecular weight is 289 g/mol. The molecule has 0 aliphatic heterocycles. The number of rotatable bonds is 2. The molecule has 0 saturated carbocycles. The summed E-state index contributed by atoms with van der Waals surface area (Å²) >= 11 is 3.12. The number of phenolic OH excluding ortho intramolecular Hbond substituents is 1. The highest BCUT2D eigenvalue weighted by atomic mass is 32.1. The number of aryl methyl sites for hydroxylation is 1. The fourth-order valence-electron chi connectivity index (χ4n) is 1.85. The summed E-state index contributed by atoms with van der Waals surface area (Å²) in [6.45, 7) is 1.85. The first-order chi connectivity index (χ1) is 9.13. The van der Waals surface area contributed by atoms with Crippen LogP contribution in [-0.2, 0) is 0 Å². The molecular weight excluding hydrogens is 278 g/mol. The van der Waals surface area contributed by atoms with Gasteiger partial charge < -0.3 is 10.4 Å². The molecule has 0 unspecified atom stereocenters. The van der Waals surface area contributed by atoms with E-state index in [4.69, 9.17) is 0 Å². The number of hydrogen-bond donors (Lipinski definition) is 2. The van der Waals surface area contributed by atoms with Crippen LogP contribution in [0.25, 0.3) is 9.40 Å². The number of phenols is 1. The highest BCUT2D eigenvalue weighted by Gasteiger charge is 2.12. The topological polar surface area (TPSA) is 49.3 Å². The molecular formula is C14H11NO2S2. The maximum atomic E-state index is 12.2. The molecule has 0 spiro atoms. The Morgan fingerprint density at radius 2 is 2.05 bits per heavy atom. The van der Waals surface area contributed by atoms with Crippen molar-refractivity contribution in [1.82, 2.24) is 0 Å². The van der Waals surface area contributed by atoms with Crippen molar-refractivity contribution in [3.63, 3.8) is 0 Å². The minimum atomic E-state index is -0.109. The fraction of sp³-hybridized carbons (Fsp3) is 0.0714. The van der Waals surface area contributed by atoms with Crippen LogP contribution in [0.5, 0.6) is 5.75 Å². The van der Waals surface area contributed by atoms with Crippen molar-refractivity contribution in [2.75, 3.05) is 5.32 Å². The maximum Gasteiger partial charge on any atom is 0.265 e. The zero-order valence-corrected chi connectivity index (χ0v) is 11.8. The Kier molecular flexibility index (Phi) is 3.00. The summed E-state index contributed by atoms with van der Waals surface area (Å²) < 4.78 is 2.27. The number of fused-ring (bicyclic) bond motifs is 1. The summed E-state index contributed by atoms with van der Waals surface area (Å²) in [5.74, 6) is 0.0920. The highest BCUT2D eigenvalue weighted by Crippen LogP contribution is 2.30. The molecule has 0 bridgehead atoms. The molecule has 5 heteroatoms. The van der Waals surface area contributed by atoms with Crippen LogP contribution >= 0.6 is 22.7 Å². The number of thiophene rings is 2. The lowest BCUT2D eigenvalue weighted by Crippen LogP contribution is -2.10. The van der Waals surface area contributed by atoms with Crippen molar-refractivity contribution in [1.29, 1.82) is 0 Å². The van der Waals surface area contributed by atoms with E-state index >= 15 is 0 Å². The molecule has 0 fully saturated rings. The van der Waals surface area contributed by atoms with Crippen LogP contribution in [0.2, 0.25) is 0 Å². The molecule has 0 aliphatic rings. The van der Waals surface area contributed by atoms with Crippen LogP contribution < -0.4 is 5.32 Å². The van der Waals surface area contributed by atoms with Crippen LogP contribution in [0.1, 0.15) is 15.2 Å². The predicted molar refractivity (Wildman–Crippen MR) is 80.5 cm³/mol. The quantitative estimate of drug-likeness (QED) is 0.694. The first kappa shape index (κ1) is 12.2. The van der Waals surface area contributed by atoms with Crippen LogP contribution in [0, 0.1) is 6.92 Å². The van der Waals surface area contributed by atoms with Crippen molar-refractivity contribution >= 4 is 43.7 Å². The smallest absolute Gasteiger partial charge is 0.265 e. The van der Waals surface area contributed by atoms with Gasteiger partial charge in [-0.15, -0.1) is 22.7 Å². The van der Waals surface area contributed by atoms with Gasteiger partial charge in [0.2, 0.25) is 0 Å². The number of nitrogens with one attached hydrogen (secondary N) is 1. The minimum Gasteiger partial charge on any atom is -0.508 e. The van der Waals surface area contributed by atoms with Crippen LogP contribution in [0.3, 0.4) is 0 Å². The van der Waals surface area contributed by atoms with Gasteiger partial charge in [-0.3, -0.25) is 4.79 Å². The van der Waals surface area contributed by atoms with Crippen molar-refractivity contribution in [2.24, 2.45) is 0 Å². The molecule has 2 aromatic heterocycles. The van der Waals surface area contributed by atoms with E-state index in [1.807, 2.05) is 24.4 Å². The number of amides is 1. The largest absolute Gasteiger partial charge is 0.508 e. The number of carbonyl (C=O) groups excluding carboxylic acids is 1. The Hall–Kier alpha value is -1.85. The standard InChI is InChI=1S/C14H11NO2S2/c1-8-6-9(16)2-3-10(8)15-14(17)13-7-12-11(19-13)4-5-18-12/h2-7,16H,1H3,(H,15,17). The molecule has 1 amide bonds. The summed E-state index contributed by atoms with van der Waals surface area (Å²) in [7, 11) is 0. The third-order valence-corrected chi connectivity index (χ3v) is 4.91. The van der Waals surface area contributed by atoms with E-state index in [-0.39, 0.29) is 11.7 Å². The molecule has 1 aromatic carbocycles. The third-order valence-electron chi connectivity index (χ3n) is 2.82. The lowest BCUT2D eigenvalue weighted by molar-refractivity contribution is 0.103. The molecule has 96 valence electrons. The SMILES string of the molecule is Cc1cc(O)ccc1NC(=O)c1cc2sccc2s1. The van der Waals surface area contributed by atoms with Crippen molar-refractivity contribution in [3.05, 3.63) is 46.2 Å². The van der Waals surface area contributed by atoms with E-state index in [0.29, 0.717) is 4.88 Å². The van der Waals surface area contributed by atoms with Crippen LogP contribution in [0.4, 0.5) is 5.69 Å². The minimum absolute atomic E-state index is 0.109. The van der Waals surface area contributed by atoms with Crippen molar-refractivity contribution in [3.8, 4) is 5.75 Å². The van der Waals surface area contributed by atoms with E-state index < -0.39 is 0 Å². The second kappa shape index (κ2) is 4.68. The Labute approximate surface area is 118 Å². The first-order valence-corrected chi connectivity index (χ1v) is 7.41. The number of aromatic hydroxyl groups is 1. The summed E-state index contributed by atoms with van der Waals surface area (Å²) in [4.78, 5) is 12.9. The van der Waals surface area contributed by atoms with E-state index in [1.165, 1.54) is 11.3 Å². The molecule has 0 aliphatic carbocycles. The molecule has 2 heterocycles. The van der Waals surface area contributed by atoms with Crippen molar-refractivity contribution < 1.29 is 9.90 Å². The van der Waals surface area contributed by atoms with Crippen LogP contribution in [-0.4, -0.2) is 11.0 Å². The Bertz CT molecular complexity index is 729. The lowest BCUT2D eigenvalue weighted by Gasteiger charge is -2.07. The van der Waals surface area contributed by atoms with Gasteiger partial charge in [0.1, 0.15) is 5.75 Å². The van der Waals surface area contributed by atoms with Gasteiger partial charge in [-0.2, -0.15) is 0 Å². The lowest BCUT2D eigenvalue weighted by atomic mass is 10.2. The number of carbonyl (C=O) groups is 1. The fourth-order valence-corrected chi connectivity index (χ4v) is 3.85. The average Bonchev–Trinajstić information content (AvgIpc) is 2.93. The Balaban J connectivity index is 1.86. The maximum absolute atomic E-state index is 12.2. The van der Waals surface area contributed by atoms with Crippen LogP contribution in [0.15, 0.2) is 35.7 Å². The summed E-state index contributed by atoms with van der Waals surface area (Å²) in [5, 5.41) is 14.2. The van der Waals surface area contributed by atoms with Gasteiger partial charge in [-0.25, -0.2) is 0 Å². The molecule has 0 saturated heterocycles. The first-order valence-electron chi connectivity index (χ1n) is 5.71. The summed E-state index contributed by atoms with van der Waals surface area (Å²) in [6.07, 6.45) is 0. The molecule has 3 aromatic rings. The molecule has 0 radical (unpaired) electrons. The zero-order chi connectivity index (χ0) is 13.4. The normalized spacial score (nSPS) is 10.8. The second-order valence-corrected chi connectivity index (χ2v) is 6.24. The third kappa shape index (κ3) is 2.34. The number of benzene rings is 1. The molecule has 3 rings (SSSR count). The molecule has 0 atom stereocenters. The van der Waals surface area contributed by atoms with E-state index in [1.54, 1.807) is 29.5 Å². The van der Waals surface area contributed by atoms with E-state index in [9.17, 15) is 9.90 Å². The monoisotopic (exact) mass is 289 g/mol. The van der Waals surface area contributed by atoms with Gasteiger partial charge >= 0.3 is 0 Å². The van der Waals surface area contributed by atoms with Gasteiger partial charge in [-0.05, 0) is 48.2 Å². The van der Waals surface area contributed by atoms with E-state index in [0.717, 1.165) is 20.7 Å². The summed E-state index contributed by atoms with van der Waals surface area (Å²) in [6, 6.07) is 8.83. The second-order valence-electron chi connectivity index (χ2n) is 4.21. The Morgan fingerprint density at radius 1 is 1.21 bits per heavy atom. The Morgan fingerprint density at radius 3 is 2.79 bits per heavy atom. The molecule has 3 nitrogen and oxygen atoms in total. The van der Waals surface area contributed by atoms with E-state index in [2.05, 4.69) is 5.32 Å². The predicted octanol–water partition coefficient (Wildman–Crippen LogP) is 4.23. The van der Waals surface area contributed by atoms with Gasteiger partial charge in [0.25, 0.3) is 5.91 Å². The number of anilines is 1. The van der Waals surface area contributed by atoms with Gasteiger partial charge in [0.05, 0.1) is 4.88 Å². The zero-order valence-electron chi connectivity index (χ0n) is 10.1. The number of hydrogen-bond acceptors (Lipinski definition) is 4. The van der Waals surface area contributed by atoms with Gasteiger partial charge in [0, 0.05) is 15.1 Å². The molecule has 2 N–H and O–H groups in total. The highest BCUT2D eigenvalue weighted by molar-refractivity contribution is 7.27.